The standard InChI is InChI=1S/C16H32O5Si3/c1-8-15(17)18-13-11-12-16(14-19-22,20-23(4,5)9-2)21-24(6,7)10-3/h8-10H,1-3,11-14H2,4-7,22H3. The third-order valence-electron chi connectivity index (χ3n) is 3.36. The van der Waals surface area contributed by atoms with Crippen LogP contribution in [0.25, 0.3) is 0 Å². The Balaban J connectivity index is 5.25. The Morgan fingerprint density at radius 3 is 1.96 bits per heavy atom. The van der Waals surface area contributed by atoms with Crippen molar-refractivity contribution in [1.29, 1.82) is 0 Å². The predicted molar refractivity (Wildman–Crippen MR) is 107 cm³/mol. The van der Waals surface area contributed by atoms with Crippen molar-refractivity contribution < 1.29 is 22.8 Å². The summed E-state index contributed by atoms with van der Waals surface area (Å²) in [6.45, 7) is 20.0. The quantitative estimate of drug-likeness (QED) is 0.159. The van der Waals surface area contributed by atoms with Gasteiger partial charge in [-0.15, -0.1) is 13.2 Å². The van der Waals surface area contributed by atoms with E-state index in [9.17, 15) is 4.79 Å². The molecule has 0 aliphatic carbocycles. The van der Waals surface area contributed by atoms with Crippen molar-refractivity contribution in [3.05, 3.63) is 37.2 Å². The molecule has 0 unspecified atom stereocenters. The number of hydrogen-bond acceptors (Lipinski definition) is 5. The summed E-state index contributed by atoms with van der Waals surface area (Å²) in [5, 5.41) is 0. The van der Waals surface area contributed by atoms with E-state index in [0.29, 0.717) is 29.9 Å². The molecule has 0 rings (SSSR count). The molecule has 0 aromatic rings. The van der Waals surface area contributed by atoms with Crippen molar-refractivity contribution in [3.8, 4) is 0 Å². The summed E-state index contributed by atoms with van der Waals surface area (Å²) in [5.41, 5.74) is 3.75. The molecule has 0 aliphatic rings. The molecule has 8 heteroatoms. The van der Waals surface area contributed by atoms with E-state index < -0.39 is 28.4 Å². The molecule has 0 fully saturated rings. The molecule has 0 spiro atoms. The van der Waals surface area contributed by atoms with Crippen LogP contribution in [-0.4, -0.2) is 52.1 Å². The minimum Gasteiger partial charge on any atom is -0.463 e. The second-order valence-electron chi connectivity index (χ2n) is 6.64. The van der Waals surface area contributed by atoms with Gasteiger partial charge in [0, 0.05) is 12.5 Å². The molecule has 0 N–H and O–H groups in total. The number of hydrogen-bond donors (Lipinski definition) is 0. The molecular weight excluding hydrogens is 356 g/mol. The van der Waals surface area contributed by atoms with E-state index in [4.69, 9.17) is 18.0 Å². The predicted octanol–water partition coefficient (Wildman–Crippen LogP) is 2.38. The van der Waals surface area contributed by atoms with Gasteiger partial charge in [-0.05, 0) is 32.6 Å². The number of esters is 1. The van der Waals surface area contributed by atoms with Crippen LogP contribution >= 0.6 is 0 Å². The first kappa shape index (κ1) is 23.2. The Bertz CT molecular complexity index is 427. The molecule has 0 atom stereocenters. The third-order valence-corrected chi connectivity index (χ3v) is 7.41. The smallest absolute Gasteiger partial charge is 0.330 e. The number of carbonyl (C=O) groups excluding carboxylic acids is 1. The van der Waals surface area contributed by atoms with E-state index in [1.807, 2.05) is 11.4 Å². The van der Waals surface area contributed by atoms with Gasteiger partial charge in [0.1, 0.15) is 10.5 Å². The van der Waals surface area contributed by atoms with Gasteiger partial charge in [-0.25, -0.2) is 4.79 Å². The van der Waals surface area contributed by atoms with Gasteiger partial charge < -0.3 is 18.0 Å². The fourth-order valence-corrected chi connectivity index (χ4v) is 5.10. The van der Waals surface area contributed by atoms with E-state index >= 15 is 0 Å². The van der Waals surface area contributed by atoms with Crippen molar-refractivity contribution in [2.24, 2.45) is 0 Å². The maximum atomic E-state index is 11.2. The van der Waals surface area contributed by atoms with E-state index in [1.165, 1.54) is 0 Å². The molecule has 138 valence electrons. The highest BCUT2D eigenvalue weighted by atomic mass is 28.4. The SMILES string of the molecule is C=CC(=O)OCCCC(CO[SiH3])(O[Si](C)(C)C=C)O[Si](C)(C)C=C. The largest absolute Gasteiger partial charge is 0.463 e. The second-order valence-corrected chi connectivity index (χ2v) is 14.9. The van der Waals surface area contributed by atoms with Gasteiger partial charge in [-0.3, -0.25) is 0 Å². The average molecular weight is 389 g/mol. The number of rotatable bonds is 13. The minimum absolute atomic E-state index is 0.284. The van der Waals surface area contributed by atoms with Crippen molar-refractivity contribution in [3.63, 3.8) is 0 Å². The first-order chi connectivity index (χ1) is 11.1. The summed E-state index contributed by atoms with van der Waals surface area (Å²) in [7, 11) is -3.64. The Kier molecular flexibility index (Phi) is 9.93. The third kappa shape index (κ3) is 8.90. The lowest BCUT2D eigenvalue weighted by molar-refractivity contribution is -0.158. The van der Waals surface area contributed by atoms with E-state index in [0.717, 1.165) is 6.08 Å². The normalized spacial score (nSPS) is 12.7. The topological polar surface area (TPSA) is 54.0 Å². The molecule has 0 radical (unpaired) electrons. The Labute approximate surface area is 151 Å². The van der Waals surface area contributed by atoms with Gasteiger partial charge in [0.2, 0.25) is 16.6 Å². The molecule has 0 aromatic carbocycles. The van der Waals surface area contributed by atoms with Crippen LogP contribution in [0.4, 0.5) is 0 Å². The summed E-state index contributed by atoms with van der Waals surface area (Å²) >= 11 is 0. The van der Waals surface area contributed by atoms with Crippen LogP contribution < -0.4 is 0 Å². The Hall–Kier alpha value is -0.779. The molecular formula is C16H32O5Si3. The van der Waals surface area contributed by atoms with Crippen LogP contribution in [0.1, 0.15) is 12.8 Å². The first-order valence-electron chi connectivity index (χ1n) is 8.01. The molecule has 0 aliphatic heterocycles. The van der Waals surface area contributed by atoms with Crippen molar-refractivity contribution in [2.75, 3.05) is 13.2 Å². The maximum Gasteiger partial charge on any atom is 0.330 e. The van der Waals surface area contributed by atoms with Crippen LogP contribution in [0, 0.1) is 0 Å². The van der Waals surface area contributed by atoms with E-state index in [-0.39, 0.29) is 6.61 Å². The number of ether oxygens (including phenoxy) is 1. The monoisotopic (exact) mass is 388 g/mol. The average Bonchev–Trinajstić information content (AvgIpc) is 2.50. The van der Waals surface area contributed by atoms with Crippen molar-refractivity contribution >= 4 is 33.1 Å². The zero-order chi connectivity index (χ0) is 18.9. The van der Waals surface area contributed by atoms with Crippen LogP contribution in [-0.2, 0) is 22.8 Å². The van der Waals surface area contributed by atoms with Crippen molar-refractivity contribution in [1.82, 2.24) is 0 Å². The first-order valence-corrected chi connectivity index (χ1v) is 14.8. The van der Waals surface area contributed by atoms with Gasteiger partial charge in [0.15, 0.2) is 5.79 Å². The Morgan fingerprint density at radius 1 is 1.08 bits per heavy atom. The summed E-state index contributed by atoms with van der Waals surface area (Å²) in [6, 6.07) is 0. The van der Waals surface area contributed by atoms with Gasteiger partial charge in [0.25, 0.3) is 0 Å². The highest BCUT2D eigenvalue weighted by molar-refractivity contribution is 6.77. The van der Waals surface area contributed by atoms with E-state index in [2.05, 4.69) is 45.9 Å². The zero-order valence-corrected chi connectivity index (χ0v) is 19.7. The lowest BCUT2D eigenvalue weighted by atomic mass is 10.1. The van der Waals surface area contributed by atoms with Crippen LogP contribution in [0.5, 0.6) is 0 Å². The van der Waals surface area contributed by atoms with Crippen LogP contribution in [0.3, 0.4) is 0 Å². The summed E-state index contributed by atoms with van der Waals surface area (Å²) in [5.74, 6) is -1.29. The highest BCUT2D eigenvalue weighted by Gasteiger charge is 2.41. The maximum absolute atomic E-state index is 11.2. The minimum atomic E-state index is -2.11. The fourth-order valence-electron chi connectivity index (χ4n) is 2.09. The summed E-state index contributed by atoms with van der Waals surface area (Å²) in [4.78, 5) is 11.2. The summed E-state index contributed by atoms with van der Waals surface area (Å²) in [6.07, 6.45) is 2.32. The van der Waals surface area contributed by atoms with Gasteiger partial charge in [-0.1, -0.05) is 18.0 Å². The molecule has 0 aromatic heterocycles. The lowest BCUT2D eigenvalue weighted by Gasteiger charge is -2.43. The summed E-state index contributed by atoms with van der Waals surface area (Å²) < 4.78 is 23.4. The van der Waals surface area contributed by atoms with Gasteiger partial charge in [0.05, 0.1) is 13.2 Å². The molecule has 24 heavy (non-hydrogen) atoms. The fraction of sp³-hybridized carbons (Fsp3) is 0.562. The van der Waals surface area contributed by atoms with E-state index in [1.54, 1.807) is 0 Å². The van der Waals surface area contributed by atoms with Crippen LogP contribution in [0.15, 0.2) is 37.2 Å². The lowest BCUT2D eigenvalue weighted by Crippen LogP contribution is -2.54. The van der Waals surface area contributed by atoms with Gasteiger partial charge >= 0.3 is 5.97 Å². The zero-order valence-electron chi connectivity index (χ0n) is 15.7. The molecule has 0 saturated heterocycles. The Morgan fingerprint density at radius 2 is 1.58 bits per heavy atom. The molecule has 5 nitrogen and oxygen atoms in total. The second kappa shape index (κ2) is 10.3. The van der Waals surface area contributed by atoms with Gasteiger partial charge in [-0.2, -0.15) is 0 Å². The van der Waals surface area contributed by atoms with Crippen molar-refractivity contribution in [2.45, 2.75) is 44.8 Å². The molecule has 0 bridgehead atoms. The molecule has 0 saturated carbocycles. The number of carbonyl (C=O) groups is 1. The molecule has 0 heterocycles. The molecule has 0 amide bonds. The highest BCUT2D eigenvalue weighted by Crippen LogP contribution is 2.30. The van der Waals surface area contributed by atoms with Crippen LogP contribution in [0.2, 0.25) is 26.2 Å².